The van der Waals surface area contributed by atoms with Gasteiger partial charge in [0.05, 0.1) is 5.69 Å². The monoisotopic (exact) mass is 391 g/mol. The molecule has 4 heteroatoms. The van der Waals surface area contributed by atoms with E-state index in [9.17, 15) is 9.90 Å². The summed E-state index contributed by atoms with van der Waals surface area (Å²) in [5, 5.41) is 19.5. The number of carboxylic acid groups (broad SMARTS) is 1. The average molecular weight is 392 g/mol. The number of carbonyl (C=O) groups is 1. The van der Waals surface area contributed by atoms with E-state index in [0.717, 1.165) is 59.1 Å². The zero-order valence-electron chi connectivity index (χ0n) is 17.1. The van der Waals surface area contributed by atoms with Gasteiger partial charge in [0.2, 0.25) is 0 Å². The highest BCUT2D eigenvalue weighted by atomic mass is 16.4. The van der Waals surface area contributed by atoms with Crippen molar-refractivity contribution in [2.24, 2.45) is 17.8 Å². The van der Waals surface area contributed by atoms with Gasteiger partial charge < -0.3 is 10.2 Å². The highest BCUT2D eigenvalue weighted by Crippen LogP contribution is 2.53. The second-order valence-electron chi connectivity index (χ2n) is 9.39. The van der Waals surface area contributed by atoms with E-state index < -0.39 is 5.97 Å². The molecule has 4 rings (SSSR count). The minimum atomic E-state index is -0.975. The van der Waals surface area contributed by atoms with Crippen molar-refractivity contribution in [1.82, 2.24) is 4.98 Å². The van der Waals surface area contributed by atoms with Gasteiger partial charge >= 0.3 is 5.97 Å². The predicted octanol–water partition coefficient (Wildman–Crippen LogP) is 5.66. The van der Waals surface area contributed by atoms with Gasteiger partial charge in [-0.3, -0.25) is 4.98 Å². The van der Waals surface area contributed by atoms with Crippen LogP contribution >= 0.6 is 0 Å². The normalized spacial score (nSPS) is 29.1. The molecule has 0 amide bonds. The summed E-state index contributed by atoms with van der Waals surface area (Å²) in [7, 11) is 0. The summed E-state index contributed by atoms with van der Waals surface area (Å²) in [6.07, 6.45) is 10.5. The van der Waals surface area contributed by atoms with Gasteiger partial charge in [-0.1, -0.05) is 19.9 Å². The minimum Gasteiger partial charge on any atom is -0.508 e. The molecule has 0 radical (unpaired) electrons. The van der Waals surface area contributed by atoms with Crippen LogP contribution in [-0.4, -0.2) is 21.2 Å². The zero-order valence-corrected chi connectivity index (χ0v) is 17.1. The van der Waals surface area contributed by atoms with Crippen LogP contribution < -0.4 is 0 Å². The predicted molar refractivity (Wildman–Crippen MR) is 115 cm³/mol. The number of pyridine rings is 1. The van der Waals surface area contributed by atoms with E-state index in [-0.39, 0.29) is 5.41 Å². The SMILES string of the molecule is CC1CC2CC(C1)CC(C)(c1cc(-c3ccc(/C=C/C(=O)O)cn3)ccc1O)C2. The molecule has 2 aliphatic rings. The van der Waals surface area contributed by atoms with Crippen LogP contribution in [0.25, 0.3) is 17.3 Å². The van der Waals surface area contributed by atoms with Gasteiger partial charge in [-0.2, -0.15) is 0 Å². The number of rotatable bonds is 4. The third kappa shape index (κ3) is 4.21. The summed E-state index contributed by atoms with van der Waals surface area (Å²) in [5.74, 6) is 1.73. The molecule has 0 aliphatic heterocycles. The van der Waals surface area contributed by atoms with Crippen molar-refractivity contribution in [3.8, 4) is 17.0 Å². The Kier molecular flexibility index (Phi) is 5.20. The van der Waals surface area contributed by atoms with E-state index in [1.54, 1.807) is 12.3 Å². The number of hydrogen-bond donors (Lipinski definition) is 2. The van der Waals surface area contributed by atoms with Crippen molar-refractivity contribution in [3.05, 3.63) is 53.7 Å². The Balaban J connectivity index is 1.62. The van der Waals surface area contributed by atoms with Crippen LogP contribution in [-0.2, 0) is 10.2 Å². The van der Waals surface area contributed by atoms with E-state index in [0.29, 0.717) is 5.75 Å². The molecular weight excluding hydrogens is 362 g/mol. The largest absolute Gasteiger partial charge is 0.508 e. The Labute approximate surface area is 172 Å². The molecule has 2 fully saturated rings. The van der Waals surface area contributed by atoms with Crippen molar-refractivity contribution in [1.29, 1.82) is 0 Å². The first-order valence-electron chi connectivity index (χ1n) is 10.5. The fraction of sp³-hybridized carbons (Fsp3) is 0.440. The number of nitrogens with zero attached hydrogens (tertiary/aromatic N) is 1. The van der Waals surface area contributed by atoms with Crippen molar-refractivity contribution in [2.45, 2.75) is 51.4 Å². The van der Waals surface area contributed by atoms with Crippen molar-refractivity contribution < 1.29 is 15.0 Å². The smallest absolute Gasteiger partial charge is 0.328 e. The molecule has 0 saturated heterocycles. The fourth-order valence-corrected chi connectivity index (χ4v) is 5.83. The molecular formula is C25H29NO3. The first kappa shape index (κ1) is 19.7. The number of aromatic nitrogens is 1. The Morgan fingerprint density at radius 2 is 1.86 bits per heavy atom. The van der Waals surface area contributed by atoms with Gasteiger partial charge in [0.25, 0.3) is 0 Å². The van der Waals surface area contributed by atoms with E-state index >= 15 is 0 Å². The van der Waals surface area contributed by atoms with Gasteiger partial charge in [0.15, 0.2) is 0 Å². The second-order valence-corrected chi connectivity index (χ2v) is 9.39. The third-order valence-corrected chi connectivity index (χ3v) is 6.76. The first-order chi connectivity index (χ1) is 13.8. The maximum Gasteiger partial charge on any atom is 0.328 e. The maximum atomic E-state index is 10.7. The number of carboxylic acids is 1. The molecule has 2 N–H and O–H groups in total. The minimum absolute atomic E-state index is 0.00200. The number of phenolic OH excluding ortho intramolecular Hbond substituents is 1. The summed E-state index contributed by atoms with van der Waals surface area (Å²) in [5.41, 5.74) is 3.59. The lowest BCUT2D eigenvalue weighted by Crippen LogP contribution is -2.38. The van der Waals surface area contributed by atoms with Gasteiger partial charge in [-0.05, 0) is 91.2 Å². The summed E-state index contributed by atoms with van der Waals surface area (Å²) >= 11 is 0. The molecule has 2 atom stereocenters. The average Bonchev–Trinajstić information content (AvgIpc) is 2.66. The molecule has 1 aromatic heterocycles. The van der Waals surface area contributed by atoms with Crippen molar-refractivity contribution >= 4 is 12.0 Å². The Morgan fingerprint density at radius 1 is 1.14 bits per heavy atom. The molecule has 0 spiro atoms. The summed E-state index contributed by atoms with van der Waals surface area (Å²) in [4.78, 5) is 15.2. The summed E-state index contributed by atoms with van der Waals surface area (Å²) < 4.78 is 0. The standard InChI is InChI=1S/C25H29NO3/c1-16-9-18-11-19(10-16)14-25(2,13-18)21-12-20(5-7-23(21)27)22-6-3-17(15-26-22)4-8-24(28)29/h3-8,12,15-16,18-19,27H,9-11,13-14H2,1-2H3,(H,28,29)/b8-4+. The van der Waals surface area contributed by atoms with E-state index in [1.165, 1.54) is 25.3 Å². The first-order valence-corrected chi connectivity index (χ1v) is 10.5. The molecule has 152 valence electrons. The lowest BCUT2D eigenvalue weighted by Gasteiger charge is -2.47. The van der Waals surface area contributed by atoms with E-state index in [1.807, 2.05) is 18.2 Å². The topological polar surface area (TPSA) is 70.4 Å². The molecule has 1 aromatic carbocycles. The number of aliphatic carboxylic acids is 1. The van der Waals surface area contributed by atoms with Crippen LogP contribution in [0.15, 0.2) is 42.6 Å². The van der Waals surface area contributed by atoms with E-state index in [2.05, 4.69) is 24.9 Å². The van der Waals surface area contributed by atoms with E-state index in [4.69, 9.17) is 5.11 Å². The van der Waals surface area contributed by atoms with Crippen LogP contribution in [0, 0.1) is 17.8 Å². The number of fused-ring (bicyclic) bond motifs is 2. The third-order valence-electron chi connectivity index (χ3n) is 6.76. The summed E-state index contributed by atoms with van der Waals surface area (Å²) in [6, 6.07) is 9.57. The number of hydrogen-bond acceptors (Lipinski definition) is 3. The van der Waals surface area contributed by atoms with Crippen LogP contribution in [0.3, 0.4) is 0 Å². The van der Waals surface area contributed by atoms with Gasteiger partial charge in [-0.15, -0.1) is 0 Å². The van der Waals surface area contributed by atoms with Gasteiger partial charge in [0, 0.05) is 23.4 Å². The second kappa shape index (κ2) is 7.66. The number of benzene rings is 1. The fourth-order valence-electron chi connectivity index (χ4n) is 5.83. The highest BCUT2D eigenvalue weighted by Gasteiger charge is 2.42. The Hall–Kier alpha value is -2.62. The molecule has 4 nitrogen and oxygen atoms in total. The Bertz CT molecular complexity index is 914. The Morgan fingerprint density at radius 3 is 2.48 bits per heavy atom. The summed E-state index contributed by atoms with van der Waals surface area (Å²) in [6.45, 7) is 4.69. The zero-order chi connectivity index (χ0) is 20.6. The van der Waals surface area contributed by atoms with Gasteiger partial charge in [-0.25, -0.2) is 4.79 Å². The molecule has 2 aliphatic carbocycles. The molecule has 2 aromatic rings. The number of aromatic hydroxyl groups is 1. The molecule has 2 saturated carbocycles. The van der Waals surface area contributed by atoms with Crippen molar-refractivity contribution in [2.75, 3.05) is 0 Å². The van der Waals surface area contributed by atoms with Crippen LogP contribution in [0.4, 0.5) is 0 Å². The number of phenols is 1. The lowest BCUT2D eigenvalue weighted by molar-refractivity contribution is -0.131. The molecule has 29 heavy (non-hydrogen) atoms. The highest BCUT2D eigenvalue weighted by molar-refractivity contribution is 5.85. The molecule has 2 bridgehead atoms. The molecule has 2 unspecified atom stereocenters. The lowest BCUT2D eigenvalue weighted by atomic mass is 9.57. The quantitative estimate of drug-likeness (QED) is 0.660. The van der Waals surface area contributed by atoms with Crippen molar-refractivity contribution in [3.63, 3.8) is 0 Å². The van der Waals surface area contributed by atoms with Crippen LogP contribution in [0.1, 0.15) is 57.1 Å². The molecule has 1 heterocycles. The van der Waals surface area contributed by atoms with Gasteiger partial charge in [0.1, 0.15) is 5.75 Å². The van der Waals surface area contributed by atoms with Crippen LogP contribution in [0.2, 0.25) is 0 Å². The van der Waals surface area contributed by atoms with Crippen LogP contribution in [0.5, 0.6) is 5.75 Å². The maximum absolute atomic E-state index is 10.7.